The second-order valence-electron chi connectivity index (χ2n) is 4.18. The lowest BCUT2D eigenvalue weighted by Crippen LogP contribution is -2.10. The molecule has 0 bridgehead atoms. The van der Waals surface area contributed by atoms with Crippen LogP contribution in [0.5, 0.6) is 5.75 Å². The lowest BCUT2D eigenvalue weighted by molar-refractivity contribution is -0.136. The molecule has 0 aliphatic heterocycles. The van der Waals surface area contributed by atoms with Gasteiger partial charge < -0.3 is 10.4 Å². The van der Waals surface area contributed by atoms with E-state index in [1.54, 1.807) is 6.07 Å². The molecule has 0 heterocycles. The van der Waals surface area contributed by atoms with E-state index in [0.717, 1.165) is 6.07 Å². The van der Waals surface area contributed by atoms with Gasteiger partial charge in [0.2, 0.25) is 0 Å². The van der Waals surface area contributed by atoms with Gasteiger partial charge in [-0.15, -0.1) is 0 Å². The van der Waals surface area contributed by atoms with Gasteiger partial charge >= 0.3 is 6.18 Å². The molecule has 2 aromatic rings. The van der Waals surface area contributed by atoms with E-state index >= 15 is 0 Å². The van der Waals surface area contributed by atoms with Crippen molar-refractivity contribution in [1.82, 2.24) is 0 Å². The van der Waals surface area contributed by atoms with E-state index in [-0.39, 0.29) is 23.0 Å². The van der Waals surface area contributed by atoms with Crippen molar-refractivity contribution in [2.24, 2.45) is 0 Å². The molecule has 0 aliphatic rings. The monoisotopic (exact) mass is 301 g/mol. The van der Waals surface area contributed by atoms with Crippen molar-refractivity contribution in [3.05, 3.63) is 58.6 Å². The maximum Gasteiger partial charge on any atom is 0.418 e. The first-order chi connectivity index (χ1) is 9.38. The highest BCUT2D eigenvalue weighted by Gasteiger charge is 2.32. The molecule has 0 fully saturated rings. The fraction of sp³-hybridized carbons (Fsp3) is 0.143. The number of rotatable bonds is 3. The summed E-state index contributed by atoms with van der Waals surface area (Å²) in [7, 11) is 0. The predicted molar refractivity (Wildman–Crippen MR) is 71.9 cm³/mol. The molecule has 2 N–H and O–H groups in total. The number of para-hydroxylation sites is 1. The number of benzene rings is 2. The van der Waals surface area contributed by atoms with E-state index in [1.807, 2.05) is 0 Å². The minimum Gasteiger partial charge on any atom is -0.506 e. The molecule has 2 rings (SSSR count). The summed E-state index contributed by atoms with van der Waals surface area (Å²) in [5.74, 6) is -0.0638. The quantitative estimate of drug-likeness (QED) is 0.863. The molecule has 6 heteroatoms. The third-order valence-electron chi connectivity index (χ3n) is 2.73. The van der Waals surface area contributed by atoms with Crippen LogP contribution >= 0.6 is 11.6 Å². The second-order valence-corrected chi connectivity index (χ2v) is 4.59. The summed E-state index contributed by atoms with van der Waals surface area (Å²) in [5.41, 5.74) is -0.0427. The highest BCUT2D eigenvalue weighted by Crippen LogP contribution is 2.34. The Hall–Kier alpha value is -1.88. The van der Waals surface area contributed by atoms with E-state index < -0.39 is 11.7 Å². The first kappa shape index (κ1) is 14.5. The van der Waals surface area contributed by atoms with Crippen LogP contribution in [0, 0.1) is 0 Å². The molecular formula is C14H11ClF3NO. The lowest BCUT2D eigenvalue weighted by atomic mass is 10.1. The topological polar surface area (TPSA) is 32.3 Å². The Kier molecular flexibility index (Phi) is 4.09. The zero-order valence-electron chi connectivity index (χ0n) is 10.2. The van der Waals surface area contributed by atoms with E-state index in [1.165, 1.54) is 30.3 Å². The van der Waals surface area contributed by atoms with Gasteiger partial charge in [0.1, 0.15) is 5.75 Å². The first-order valence-corrected chi connectivity index (χ1v) is 6.13. The van der Waals surface area contributed by atoms with Crippen LogP contribution in [-0.2, 0) is 12.7 Å². The Morgan fingerprint density at radius 1 is 1.10 bits per heavy atom. The summed E-state index contributed by atoms with van der Waals surface area (Å²) >= 11 is 5.74. The molecule has 2 nitrogen and oxygen atoms in total. The Labute approximate surface area is 118 Å². The van der Waals surface area contributed by atoms with Crippen molar-refractivity contribution in [2.75, 3.05) is 5.32 Å². The summed E-state index contributed by atoms with van der Waals surface area (Å²) in [4.78, 5) is 0. The number of phenols is 1. The summed E-state index contributed by atoms with van der Waals surface area (Å²) in [5, 5.41) is 12.2. The largest absolute Gasteiger partial charge is 0.506 e. The Balaban J connectivity index is 2.17. The third kappa shape index (κ3) is 3.36. The molecule has 0 atom stereocenters. The van der Waals surface area contributed by atoms with Crippen molar-refractivity contribution >= 4 is 17.3 Å². The second kappa shape index (κ2) is 5.63. The summed E-state index contributed by atoms with van der Waals surface area (Å²) in [6, 6.07) is 9.74. The molecule has 0 aromatic heterocycles. The molecule has 0 spiro atoms. The van der Waals surface area contributed by atoms with Crippen LogP contribution in [0.15, 0.2) is 42.5 Å². The molecule has 106 valence electrons. The summed E-state index contributed by atoms with van der Waals surface area (Å²) < 4.78 is 38.4. The van der Waals surface area contributed by atoms with Gasteiger partial charge in [-0.05, 0) is 29.8 Å². The number of anilines is 1. The fourth-order valence-corrected chi connectivity index (χ4v) is 1.95. The molecule has 2 aromatic carbocycles. The minimum atomic E-state index is -4.41. The first-order valence-electron chi connectivity index (χ1n) is 5.75. The van der Waals surface area contributed by atoms with Crippen molar-refractivity contribution in [1.29, 1.82) is 0 Å². The van der Waals surface area contributed by atoms with Crippen LogP contribution in [-0.4, -0.2) is 5.11 Å². The van der Waals surface area contributed by atoms with Crippen molar-refractivity contribution in [3.63, 3.8) is 0 Å². The van der Waals surface area contributed by atoms with E-state index in [2.05, 4.69) is 5.32 Å². The number of phenolic OH excluding ortho intramolecular Hbond substituents is 1. The normalized spacial score (nSPS) is 11.4. The number of alkyl halides is 3. The number of hydrogen-bond acceptors (Lipinski definition) is 2. The predicted octanol–water partition coefficient (Wildman–Crippen LogP) is 4.68. The molecule has 0 saturated heterocycles. The van der Waals surface area contributed by atoms with Gasteiger partial charge in [0.15, 0.2) is 0 Å². The molecule has 0 aliphatic carbocycles. The zero-order chi connectivity index (χ0) is 14.8. The van der Waals surface area contributed by atoms with E-state index in [9.17, 15) is 18.3 Å². The smallest absolute Gasteiger partial charge is 0.418 e. The van der Waals surface area contributed by atoms with Crippen LogP contribution in [0.25, 0.3) is 0 Å². The highest BCUT2D eigenvalue weighted by molar-refractivity contribution is 6.32. The van der Waals surface area contributed by atoms with E-state index in [0.29, 0.717) is 5.56 Å². The van der Waals surface area contributed by atoms with E-state index in [4.69, 9.17) is 11.6 Å². The molecular weight excluding hydrogens is 291 g/mol. The Morgan fingerprint density at radius 3 is 2.45 bits per heavy atom. The average Bonchev–Trinajstić information content (AvgIpc) is 2.39. The minimum absolute atomic E-state index is 0.00389. The SMILES string of the molecule is Oc1ccc(CNc2ccccc2C(F)(F)F)cc1Cl. The molecule has 0 radical (unpaired) electrons. The lowest BCUT2D eigenvalue weighted by Gasteiger charge is -2.14. The fourth-order valence-electron chi connectivity index (χ4n) is 1.74. The molecule has 0 saturated carbocycles. The Morgan fingerprint density at radius 2 is 1.80 bits per heavy atom. The number of nitrogens with one attached hydrogen (secondary N) is 1. The highest BCUT2D eigenvalue weighted by atomic mass is 35.5. The molecule has 0 amide bonds. The van der Waals surface area contributed by atoms with Crippen molar-refractivity contribution in [2.45, 2.75) is 12.7 Å². The summed E-state index contributed by atoms with van der Waals surface area (Å²) in [6.07, 6.45) is -4.41. The van der Waals surface area contributed by atoms with Gasteiger partial charge in [0, 0.05) is 12.2 Å². The van der Waals surface area contributed by atoms with Gasteiger partial charge in [-0.25, -0.2) is 0 Å². The van der Waals surface area contributed by atoms with Crippen molar-refractivity contribution in [3.8, 4) is 5.75 Å². The van der Waals surface area contributed by atoms with Crippen LogP contribution in [0.1, 0.15) is 11.1 Å². The zero-order valence-corrected chi connectivity index (χ0v) is 11.0. The van der Waals surface area contributed by atoms with Crippen molar-refractivity contribution < 1.29 is 18.3 Å². The van der Waals surface area contributed by atoms with Gasteiger partial charge in [0.25, 0.3) is 0 Å². The maximum atomic E-state index is 12.8. The van der Waals surface area contributed by atoms with Crippen LogP contribution < -0.4 is 5.32 Å². The average molecular weight is 302 g/mol. The number of halogens is 4. The van der Waals surface area contributed by atoms with Gasteiger partial charge in [-0.1, -0.05) is 29.8 Å². The third-order valence-corrected chi connectivity index (χ3v) is 3.03. The standard InChI is InChI=1S/C14H11ClF3NO/c15-11-7-9(5-6-13(11)20)8-19-12-4-2-1-3-10(12)14(16,17)18/h1-7,19-20H,8H2. The van der Waals surface area contributed by atoms with Gasteiger partial charge in [-0.3, -0.25) is 0 Å². The van der Waals surface area contributed by atoms with Crippen LogP contribution in [0.4, 0.5) is 18.9 Å². The molecule has 20 heavy (non-hydrogen) atoms. The van der Waals surface area contributed by atoms with Crippen LogP contribution in [0.3, 0.4) is 0 Å². The van der Waals surface area contributed by atoms with Gasteiger partial charge in [0.05, 0.1) is 10.6 Å². The maximum absolute atomic E-state index is 12.8. The number of hydrogen-bond donors (Lipinski definition) is 2. The number of aromatic hydroxyl groups is 1. The van der Waals surface area contributed by atoms with Gasteiger partial charge in [-0.2, -0.15) is 13.2 Å². The summed E-state index contributed by atoms with van der Waals surface area (Å²) in [6.45, 7) is 0.174. The molecule has 0 unspecified atom stereocenters. The Bertz CT molecular complexity index is 614. The van der Waals surface area contributed by atoms with Crippen LogP contribution in [0.2, 0.25) is 5.02 Å².